The van der Waals surface area contributed by atoms with E-state index in [2.05, 4.69) is 5.32 Å². The standard InChI is InChI=1S/C16H16N2O5/c1-11-4-2-3-5-13(11)23-10-14(19)17-12-6-7-15(20)18(8-12)9-16(21)22/h2-8H,9-10H2,1H3,(H,17,19)(H,21,22). The van der Waals surface area contributed by atoms with Gasteiger partial charge in [-0.05, 0) is 24.6 Å². The van der Waals surface area contributed by atoms with Crippen LogP contribution >= 0.6 is 0 Å². The number of ether oxygens (including phenoxy) is 1. The van der Waals surface area contributed by atoms with Crippen molar-refractivity contribution in [3.8, 4) is 5.75 Å². The van der Waals surface area contributed by atoms with Crippen LogP contribution in [0.1, 0.15) is 5.56 Å². The number of anilines is 1. The zero-order chi connectivity index (χ0) is 16.8. The smallest absolute Gasteiger partial charge is 0.323 e. The highest BCUT2D eigenvalue weighted by Gasteiger charge is 2.08. The number of para-hydroxylation sites is 1. The summed E-state index contributed by atoms with van der Waals surface area (Å²) in [4.78, 5) is 34.1. The maximum absolute atomic E-state index is 11.9. The number of hydrogen-bond acceptors (Lipinski definition) is 4. The highest BCUT2D eigenvalue weighted by Crippen LogP contribution is 2.16. The van der Waals surface area contributed by atoms with E-state index in [0.717, 1.165) is 10.1 Å². The van der Waals surface area contributed by atoms with E-state index in [0.29, 0.717) is 11.4 Å². The molecule has 0 saturated carbocycles. The number of benzene rings is 1. The number of carbonyl (C=O) groups excluding carboxylic acids is 1. The molecule has 0 aliphatic rings. The quantitative estimate of drug-likeness (QED) is 0.836. The lowest BCUT2D eigenvalue weighted by molar-refractivity contribution is -0.137. The number of nitrogens with one attached hydrogen (secondary N) is 1. The minimum atomic E-state index is -1.14. The Kier molecular flexibility index (Phi) is 5.14. The SMILES string of the molecule is Cc1ccccc1OCC(=O)Nc1ccc(=O)n(CC(=O)O)c1. The van der Waals surface area contributed by atoms with Crippen LogP contribution < -0.4 is 15.6 Å². The maximum atomic E-state index is 11.9. The monoisotopic (exact) mass is 316 g/mol. The summed E-state index contributed by atoms with van der Waals surface area (Å²) in [5.74, 6) is -0.939. The molecular formula is C16H16N2O5. The minimum absolute atomic E-state index is 0.192. The van der Waals surface area contributed by atoms with Crippen molar-refractivity contribution >= 4 is 17.6 Å². The highest BCUT2D eigenvalue weighted by molar-refractivity contribution is 5.91. The van der Waals surface area contributed by atoms with Crippen molar-refractivity contribution in [2.75, 3.05) is 11.9 Å². The molecule has 0 fully saturated rings. The fraction of sp³-hybridized carbons (Fsp3) is 0.188. The summed E-state index contributed by atoms with van der Waals surface area (Å²) in [5.41, 5.74) is 0.779. The molecule has 2 aromatic rings. The molecule has 1 heterocycles. The minimum Gasteiger partial charge on any atom is -0.483 e. The van der Waals surface area contributed by atoms with E-state index in [9.17, 15) is 14.4 Å². The Hall–Kier alpha value is -3.09. The second-order valence-electron chi connectivity index (χ2n) is 4.88. The summed E-state index contributed by atoms with van der Waals surface area (Å²) >= 11 is 0. The van der Waals surface area contributed by atoms with Gasteiger partial charge in [-0.15, -0.1) is 0 Å². The van der Waals surface area contributed by atoms with E-state index in [1.54, 1.807) is 6.07 Å². The number of nitrogens with zero attached hydrogens (tertiary/aromatic N) is 1. The van der Waals surface area contributed by atoms with Gasteiger partial charge in [0.2, 0.25) is 0 Å². The highest BCUT2D eigenvalue weighted by atomic mass is 16.5. The summed E-state index contributed by atoms with van der Waals surface area (Å²) in [7, 11) is 0. The van der Waals surface area contributed by atoms with Crippen LogP contribution in [0.2, 0.25) is 0 Å². The van der Waals surface area contributed by atoms with Gasteiger partial charge in [-0.1, -0.05) is 18.2 Å². The fourth-order valence-corrected chi connectivity index (χ4v) is 1.93. The lowest BCUT2D eigenvalue weighted by Gasteiger charge is -2.10. The molecule has 7 heteroatoms. The zero-order valence-corrected chi connectivity index (χ0v) is 12.5. The Bertz CT molecular complexity index is 782. The first-order valence-corrected chi connectivity index (χ1v) is 6.86. The summed E-state index contributed by atoms with van der Waals surface area (Å²) in [5, 5.41) is 11.3. The predicted octanol–water partition coefficient (Wildman–Crippen LogP) is 1.26. The third-order valence-corrected chi connectivity index (χ3v) is 3.03. The molecule has 23 heavy (non-hydrogen) atoms. The van der Waals surface area contributed by atoms with Crippen LogP contribution in [0.4, 0.5) is 5.69 Å². The number of aryl methyl sites for hydroxylation is 1. The Morgan fingerprint density at radius 3 is 2.65 bits per heavy atom. The van der Waals surface area contributed by atoms with Crippen molar-refractivity contribution in [3.05, 3.63) is 58.5 Å². The Labute approximate surface area is 132 Å². The van der Waals surface area contributed by atoms with E-state index in [-0.39, 0.29) is 6.61 Å². The second kappa shape index (κ2) is 7.26. The molecule has 0 unspecified atom stereocenters. The molecule has 0 saturated heterocycles. The van der Waals surface area contributed by atoms with Crippen molar-refractivity contribution < 1.29 is 19.4 Å². The summed E-state index contributed by atoms with van der Waals surface area (Å²) < 4.78 is 6.41. The van der Waals surface area contributed by atoms with Gasteiger partial charge in [-0.3, -0.25) is 14.4 Å². The summed E-state index contributed by atoms with van der Waals surface area (Å²) in [6.07, 6.45) is 1.28. The molecule has 0 bridgehead atoms. The number of carboxylic acids is 1. The van der Waals surface area contributed by atoms with Crippen LogP contribution in [0.3, 0.4) is 0 Å². The van der Waals surface area contributed by atoms with Crippen molar-refractivity contribution in [1.29, 1.82) is 0 Å². The maximum Gasteiger partial charge on any atom is 0.323 e. The Morgan fingerprint density at radius 2 is 1.96 bits per heavy atom. The fourth-order valence-electron chi connectivity index (χ4n) is 1.93. The van der Waals surface area contributed by atoms with Gasteiger partial charge in [-0.2, -0.15) is 0 Å². The molecule has 0 aliphatic heterocycles. The lowest BCUT2D eigenvalue weighted by atomic mass is 10.2. The number of hydrogen-bond donors (Lipinski definition) is 2. The van der Waals surface area contributed by atoms with Gasteiger partial charge < -0.3 is 19.7 Å². The molecule has 7 nitrogen and oxygen atoms in total. The van der Waals surface area contributed by atoms with Crippen molar-refractivity contribution in [2.24, 2.45) is 0 Å². The summed E-state index contributed by atoms with van der Waals surface area (Å²) in [6.45, 7) is 1.21. The largest absolute Gasteiger partial charge is 0.483 e. The first-order valence-electron chi connectivity index (χ1n) is 6.86. The number of aliphatic carboxylic acids is 1. The summed E-state index contributed by atoms with van der Waals surface area (Å²) in [6, 6.07) is 9.91. The predicted molar refractivity (Wildman–Crippen MR) is 83.6 cm³/mol. The first-order chi connectivity index (χ1) is 11.0. The molecule has 1 amide bonds. The molecule has 0 aliphatic carbocycles. The number of aromatic nitrogens is 1. The third kappa shape index (κ3) is 4.70. The van der Waals surface area contributed by atoms with E-state index in [1.807, 2.05) is 25.1 Å². The average molecular weight is 316 g/mol. The molecule has 0 spiro atoms. The van der Waals surface area contributed by atoms with Crippen LogP contribution in [0.5, 0.6) is 5.75 Å². The molecule has 2 rings (SSSR count). The van der Waals surface area contributed by atoms with Crippen LogP contribution in [-0.4, -0.2) is 28.2 Å². The Balaban J connectivity index is 1.99. The van der Waals surface area contributed by atoms with E-state index >= 15 is 0 Å². The van der Waals surface area contributed by atoms with Crippen molar-refractivity contribution in [1.82, 2.24) is 4.57 Å². The average Bonchev–Trinajstić information content (AvgIpc) is 2.49. The lowest BCUT2D eigenvalue weighted by Crippen LogP contribution is -2.25. The van der Waals surface area contributed by atoms with Crippen LogP contribution in [0.25, 0.3) is 0 Å². The molecule has 1 aromatic carbocycles. The van der Waals surface area contributed by atoms with Gasteiger partial charge in [0.15, 0.2) is 6.61 Å². The number of carbonyl (C=O) groups is 2. The van der Waals surface area contributed by atoms with Crippen molar-refractivity contribution in [3.63, 3.8) is 0 Å². The molecular weight excluding hydrogens is 300 g/mol. The van der Waals surface area contributed by atoms with Gasteiger partial charge in [0.05, 0.1) is 5.69 Å². The molecule has 0 atom stereocenters. The normalized spacial score (nSPS) is 10.1. The van der Waals surface area contributed by atoms with Gasteiger partial charge in [0.25, 0.3) is 11.5 Å². The molecule has 1 aromatic heterocycles. The molecule has 2 N–H and O–H groups in total. The van der Waals surface area contributed by atoms with Crippen LogP contribution in [0.15, 0.2) is 47.4 Å². The second-order valence-corrected chi connectivity index (χ2v) is 4.88. The molecule has 120 valence electrons. The van der Waals surface area contributed by atoms with E-state index < -0.39 is 24.0 Å². The van der Waals surface area contributed by atoms with Crippen LogP contribution in [0, 0.1) is 6.92 Å². The van der Waals surface area contributed by atoms with Gasteiger partial charge in [-0.25, -0.2) is 0 Å². The number of amides is 1. The van der Waals surface area contributed by atoms with Crippen LogP contribution in [-0.2, 0) is 16.1 Å². The zero-order valence-electron chi connectivity index (χ0n) is 12.5. The third-order valence-electron chi connectivity index (χ3n) is 3.03. The van der Waals surface area contributed by atoms with Gasteiger partial charge in [0, 0.05) is 12.3 Å². The van der Waals surface area contributed by atoms with Gasteiger partial charge >= 0.3 is 5.97 Å². The Morgan fingerprint density at radius 1 is 1.22 bits per heavy atom. The first kappa shape index (κ1) is 16.3. The number of rotatable bonds is 6. The molecule has 0 radical (unpaired) electrons. The van der Waals surface area contributed by atoms with Crippen molar-refractivity contribution in [2.45, 2.75) is 13.5 Å². The topological polar surface area (TPSA) is 97.6 Å². The number of carboxylic acid groups (broad SMARTS) is 1. The number of pyridine rings is 1. The van der Waals surface area contributed by atoms with E-state index in [1.165, 1.54) is 18.3 Å². The van der Waals surface area contributed by atoms with Gasteiger partial charge in [0.1, 0.15) is 12.3 Å². The van der Waals surface area contributed by atoms with E-state index in [4.69, 9.17) is 9.84 Å².